The fourth-order valence-corrected chi connectivity index (χ4v) is 2.93. The predicted octanol–water partition coefficient (Wildman–Crippen LogP) is 3.41. The van der Waals surface area contributed by atoms with Crippen molar-refractivity contribution in [1.29, 1.82) is 5.53 Å². The minimum atomic E-state index is -0.956. The fraction of sp³-hybridized carbons (Fsp3) is 0.600. The number of likely N-dealkylation sites (N-methyl/N-ethyl adjacent to an activating group) is 1. The Balaban J connectivity index is 0.00000161. The number of hydrogen-bond acceptors (Lipinski definition) is 6. The molecule has 0 heterocycles. The van der Waals surface area contributed by atoms with E-state index in [-0.39, 0.29) is 30.6 Å². The van der Waals surface area contributed by atoms with E-state index < -0.39 is 18.2 Å². The van der Waals surface area contributed by atoms with Crippen LogP contribution in [0.1, 0.15) is 51.1 Å². The van der Waals surface area contributed by atoms with Gasteiger partial charge < -0.3 is 20.4 Å². The smallest absolute Gasteiger partial charge is 0.249 e. The first-order chi connectivity index (χ1) is 14.7. The Labute approximate surface area is 188 Å². The van der Waals surface area contributed by atoms with Crippen LogP contribution in [0.3, 0.4) is 0 Å². The Hall–Kier alpha value is -2.43. The summed E-state index contributed by atoms with van der Waals surface area (Å²) < 4.78 is 2.60. The van der Waals surface area contributed by atoms with Crippen LogP contribution in [0.4, 0.5) is 0 Å². The molecule has 174 valence electrons. The largest absolute Gasteiger partial charge is 0.390 e. The Morgan fingerprint density at radius 3 is 2.26 bits per heavy atom. The lowest BCUT2D eigenvalue weighted by molar-refractivity contribution is -0.134. The van der Waals surface area contributed by atoms with E-state index in [1.165, 1.54) is 4.90 Å². The third-order valence-corrected chi connectivity index (χ3v) is 4.66. The van der Waals surface area contributed by atoms with Crippen LogP contribution in [0.15, 0.2) is 45.4 Å². The summed E-state index contributed by atoms with van der Waals surface area (Å²) in [6.07, 6.45) is 0.132. The van der Waals surface area contributed by atoms with Crippen molar-refractivity contribution >= 4 is 23.6 Å². The second kappa shape index (κ2) is 16.3. The molecule has 0 fully saturated rings. The van der Waals surface area contributed by atoms with Gasteiger partial charge in [-0.1, -0.05) is 55.2 Å². The van der Waals surface area contributed by atoms with Gasteiger partial charge in [-0.15, -0.1) is 0 Å². The second-order valence-corrected chi connectivity index (χ2v) is 7.42. The van der Waals surface area contributed by atoms with Gasteiger partial charge in [0, 0.05) is 20.5 Å². The number of halogens is 1. The quantitative estimate of drug-likeness (QED) is 0.298. The van der Waals surface area contributed by atoms with Crippen LogP contribution < -0.4 is 5.32 Å². The number of carbonyl (C=O) groups is 2. The Kier molecular flexibility index (Phi) is 15.0. The van der Waals surface area contributed by atoms with E-state index in [2.05, 4.69) is 32.2 Å². The molecular weight excluding hydrogens is 424 g/mol. The number of benzene rings is 1. The van der Waals surface area contributed by atoms with Gasteiger partial charge in [0.25, 0.3) is 0 Å². The highest BCUT2D eigenvalue weighted by molar-refractivity contribution is 6.13. The van der Waals surface area contributed by atoms with Crippen molar-refractivity contribution in [2.45, 2.75) is 57.8 Å². The van der Waals surface area contributed by atoms with Crippen LogP contribution in [0.2, 0.25) is 0 Å². The lowest BCUT2D eigenvalue weighted by atomic mass is 9.93. The van der Waals surface area contributed by atoms with E-state index >= 15 is 0 Å². The lowest BCUT2D eigenvalue weighted by Crippen LogP contribution is -2.40. The summed E-state index contributed by atoms with van der Waals surface area (Å²) in [7, 11) is 3.28. The van der Waals surface area contributed by atoms with Crippen LogP contribution in [0.25, 0.3) is 0 Å². The number of amides is 2. The van der Waals surface area contributed by atoms with Crippen LogP contribution in [0, 0.1) is 11.4 Å². The van der Waals surface area contributed by atoms with Crippen LogP contribution in [0.5, 0.6) is 0 Å². The third kappa shape index (κ3) is 11.5. The van der Waals surface area contributed by atoms with Crippen molar-refractivity contribution in [1.82, 2.24) is 10.2 Å². The van der Waals surface area contributed by atoms with E-state index in [0.717, 1.165) is 12.8 Å². The molecule has 1 aromatic rings. The van der Waals surface area contributed by atoms with Crippen molar-refractivity contribution in [2.24, 2.45) is 21.0 Å². The van der Waals surface area contributed by atoms with Crippen molar-refractivity contribution in [3.63, 3.8) is 0 Å². The zero-order valence-corrected chi connectivity index (χ0v) is 19.2. The molecule has 0 aromatic heterocycles. The molecule has 0 spiro atoms. The number of rotatable bonds is 11. The van der Waals surface area contributed by atoms with Gasteiger partial charge in [0.1, 0.15) is 6.04 Å². The molecule has 0 saturated carbocycles. The van der Waals surface area contributed by atoms with Gasteiger partial charge in [-0.05, 0) is 34.8 Å². The fourth-order valence-electron chi connectivity index (χ4n) is 2.90. The number of nitrogens with one attached hydrogen (secondary N) is 2. The van der Waals surface area contributed by atoms with E-state index in [1.807, 2.05) is 32.0 Å². The predicted molar refractivity (Wildman–Crippen MR) is 117 cm³/mol. The van der Waals surface area contributed by atoms with Crippen LogP contribution in [-0.2, 0) is 9.59 Å². The van der Waals surface area contributed by atoms with Crippen LogP contribution >= 0.6 is 11.8 Å². The molecule has 1 aromatic carbocycles. The first-order valence-electron chi connectivity index (χ1n) is 9.98. The average Bonchev–Trinajstić information content (AvgIpc) is 2.76. The standard InChI is InChI=1S/C20H32N2O4.ClHN4/c1-5-9-14(2)19(25)16(23)12-13-17(24)21-18(20(26)22(3)4)15-10-7-6-8-11-15;1-3-5-4-2/h6-8,10-11,14,16,18-19,23,25H,5,9,12-13H2,1-4H3,(H,21,24);2H/t14?,16-,18+,19?;/m1./s1. The third-order valence-electron chi connectivity index (χ3n) is 4.59. The molecule has 2 amide bonds. The van der Waals surface area contributed by atoms with E-state index in [4.69, 9.17) is 5.53 Å². The normalized spacial score (nSPS) is 14.5. The molecule has 0 bridgehead atoms. The number of aliphatic hydroxyl groups is 2. The van der Waals surface area contributed by atoms with Crippen molar-refractivity contribution < 1.29 is 19.8 Å². The molecule has 0 saturated heterocycles. The summed E-state index contributed by atoms with van der Waals surface area (Å²) >= 11 is 4.55. The maximum Gasteiger partial charge on any atom is 0.249 e. The first-order valence-corrected chi connectivity index (χ1v) is 10.3. The number of nitrogens with zero attached hydrogens (tertiary/aromatic N) is 4. The molecule has 2 unspecified atom stereocenters. The van der Waals surface area contributed by atoms with E-state index in [1.54, 1.807) is 26.2 Å². The first kappa shape index (κ1) is 28.6. The summed E-state index contributed by atoms with van der Waals surface area (Å²) in [4.78, 5) is 26.1. The Morgan fingerprint density at radius 1 is 1.19 bits per heavy atom. The summed E-state index contributed by atoms with van der Waals surface area (Å²) in [6.45, 7) is 3.91. The van der Waals surface area contributed by atoms with Gasteiger partial charge in [0.05, 0.1) is 24.0 Å². The number of hydrogen-bond donors (Lipinski definition) is 4. The van der Waals surface area contributed by atoms with Crippen LogP contribution in [-0.4, -0.2) is 53.2 Å². The minimum Gasteiger partial charge on any atom is -0.390 e. The number of carbonyl (C=O) groups excluding carboxylic acids is 2. The van der Waals surface area contributed by atoms with Gasteiger partial charge in [0.15, 0.2) is 0 Å². The maximum absolute atomic E-state index is 12.4. The monoisotopic (exact) mass is 456 g/mol. The molecule has 11 heteroatoms. The SMILES string of the molecule is CCCC(C)C(O)[C@H](O)CCC(=O)N[C@H](C(=O)N(C)C)c1ccccc1.N=NN=NCl. The molecule has 1 rings (SSSR count). The molecule has 4 N–H and O–H groups in total. The molecular formula is C20H33ClN6O4. The second-order valence-electron chi connectivity index (χ2n) is 7.27. The highest BCUT2D eigenvalue weighted by Gasteiger charge is 2.26. The van der Waals surface area contributed by atoms with Gasteiger partial charge in [-0.25, -0.2) is 0 Å². The highest BCUT2D eigenvalue weighted by Crippen LogP contribution is 2.18. The van der Waals surface area contributed by atoms with E-state index in [0.29, 0.717) is 5.56 Å². The summed E-state index contributed by atoms with van der Waals surface area (Å²) in [5.74, 6) is -0.574. The molecule has 4 atom stereocenters. The summed E-state index contributed by atoms with van der Waals surface area (Å²) in [5, 5.41) is 28.0. The zero-order chi connectivity index (χ0) is 23.8. The topological polar surface area (TPSA) is 151 Å². The van der Waals surface area contributed by atoms with Gasteiger partial charge >= 0.3 is 0 Å². The van der Waals surface area contributed by atoms with Gasteiger partial charge in [-0.2, -0.15) is 5.53 Å². The molecule has 0 radical (unpaired) electrons. The average molecular weight is 457 g/mol. The Morgan fingerprint density at radius 2 is 1.81 bits per heavy atom. The highest BCUT2D eigenvalue weighted by atomic mass is 35.5. The van der Waals surface area contributed by atoms with Gasteiger partial charge in [-0.3, -0.25) is 9.59 Å². The molecule has 0 aliphatic rings. The molecule has 0 aliphatic heterocycles. The summed E-state index contributed by atoms with van der Waals surface area (Å²) in [5.41, 5.74) is 6.59. The van der Waals surface area contributed by atoms with E-state index in [9.17, 15) is 19.8 Å². The van der Waals surface area contributed by atoms with Crippen molar-refractivity contribution in [3.05, 3.63) is 35.9 Å². The molecule has 10 nitrogen and oxygen atoms in total. The molecule has 31 heavy (non-hydrogen) atoms. The maximum atomic E-state index is 12.4. The Bertz CT molecular complexity index is 690. The van der Waals surface area contributed by atoms with Crippen molar-refractivity contribution in [2.75, 3.05) is 14.1 Å². The zero-order valence-electron chi connectivity index (χ0n) is 18.4. The summed E-state index contributed by atoms with van der Waals surface area (Å²) in [6, 6.07) is 8.28. The number of aliphatic hydroxyl groups excluding tert-OH is 2. The lowest BCUT2D eigenvalue weighted by Gasteiger charge is -2.24. The van der Waals surface area contributed by atoms with Gasteiger partial charge in [0.2, 0.25) is 11.8 Å². The van der Waals surface area contributed by atoms with Crippen molar-refractivity contribution in [3.8, 4) is 0 Å². The molecule has 0 aliphatic carbocycles. The minimum absolute atomic E-state index is 0.0227.